The first-order valence-electron chi connectivity index (χ1n) is 6.59. The lowest BCUT2D eigenvalue weighted by Gasteiger charge is -2.18. The molecule has 0 aromatic heterocycles. The van der Waals surface area contributed by atoms with E-state index in [4.69, 9.17) is 4.74 Å². The summed E-state index contributed by atoms with van der Waals surface area (Å²) in [7, 11) is -3.01. The van der Waals surface area contributed by atoms with Crippen LogP contribution in [0.15, 0.2) is 18.2 Å². The smallest absolute Gasteiger partial charge is 0.149 e. The minimum atomic E-state index is -3.01. The van der Waals surface area contributed by atoms with Crippen LogP contribution in [0.5, 0.6) is 5.75 Å². The molecule has 1 N–H and O–H groups in total. The van der Waals surface area contributed by atoms with Gasteiger partial charge in [0.2, 0.25) is 0 Å². The highest BCUT2D eigenvalue weighted by Crippen LogP contribution is 2.31. The van der Waals surface area contributed by atoms with Crippen LogP contribution in [0.25, 0.3) is 0 Å². The lowest BCUT2D eigenvalue weighted by atomic mass is 10.0. The normalized spacial score (nSPS) is 19.8. The highest BCUT2D eigenvalue weighted by atomic mass is 32.2. The second kappa shape index (κ2) is 5.51. The van der Waals surface area contributed by atoms with Crippen LogP contribution in [-0.4, -0.2) is 33.1 Å². The van der Waals surface area contributed by atoms with Gasteiger partial charge in [-0.15, -0.1) is 0 Å². The van der Waals surface area contributed by atoms with E-state index in [2.05, 4.69) is 11.4 Å². The molecule has 1 aromatic carbocycles. The van der Waals surface area contributed by atoms with Crippen molar-refractivity contribution in [2.45, 2.75) is 32.4 Å². The van der Waals surface area contributed by atoms with Crippen LogP contribution in [0, 0.1) is 0 Å². The van der Waals surface area contributed by atoms with E-state index >= 15 is 0 Å². The molecule has 1 aliphatic rings. The molecule has 19 heavy (non-hydrogen) atoms. The molecule has 2 rings (SSSR count). The Labute approximate surface area is 115 Å². The third-order valence-corrected chi connectivity index (χ3v) is 4.18. The zero-order valence-electron chi connectivity index (χ0n) is 11.6. The van der Waals surface area contributed by atoms with Crippen molar-refractivity contribution in [3.63, 3.8) is 0 Å². The Morgan fingerprint density at radius 2 is 2.21 bits per heavy atom. The lowest BCUT2D eigenvalue weighted by molar-refractivity contribution is 0.254. The van der Waals surface area contributed by atoms with Gasteiger partial charge in [0.15, 0.2) is 0 Å². The van der Waals surface area contributed by atoms with Crippen LogP contribution >= 0.6 is 0 Å². The molecule has 2 atom stereocenters. The summed E-state index contributed by atoms with van der Waals surface area (Å²) in [5.41, 5.74) is 2.19. The summed E-state index contributed by atoms with van der Waals surface area (Å²) >= 11 is 0. The highest BCUT2D eigenvalue weighted by molar-refractivity contribution is 7.90. The van der Waals surface area contributed by atoms with Crippen LogP contribution in [-0.2, 0) is 16.3 Å². The van der Waals surface area contributed by atoms with Crippen molar-refractivity contribution in [2.75, 3.05) is 18.6 Å². The third-order valence-electron chi connectivity index (χ3n) is 3.24. The van der Waals surface area contributed by atoms with Crippen molar-refractivity contribution in [2.24, 2.45) is 0 Å². The molecule has 0 amide bonds. The van der Waals surface area contributed by atoms with E-state index in [0.717, 1.165) is 24.3 Å². The highest BCUT2D eigenvalue weighted by Gasteiger charge is 2.22. The van der Waals surface area contributed by atoms with Crippen molar-refractivity contribution in [3.8, 4) is 5.75 Å². The number of fused-ring (bicyclic) bond motifs is 1. The van der Waals surface area contributed by atoms with Gasteiger partial charge in [-0.1, -0.05) is 19.1 Å². The van der Waals surface area contributed by atoms with Gasteiger partial charge in [-0.2, -0.15) is 0 Å². The number of hydrogen-bond donors (Lipinski definition) is 1. The Hall–Kier alpha value is -1.07. The molecule has 0 bridgehead atoms. The van der Waals surface area contributed by atoms with Gasteiger partial charge in [0.1, 0.15) is 21.7 Å². The van der Waals surface area contributed by atoms with E-state index in [0.29, 0.717) is 0 Å². The SMILES string of the molecule is CCNC(CS(C)(=O)=O)c1ccc2c(c1)CC(C)O2. The Balaban J connectivity index is 2.25. The Morgan fingerprint density at radius 3 is 2.84 bits per heavy atom. The van der Waals surface area contributed by atoms with Crippen molar-refractivity contribution in [3.05, 3.63) is 29.3 Å². The molecule has 2 unspecified atom stereocenters. The van der Waals surface area contributed by atoms with E-state index in [9.17, 15) is 8.42 Å². The van der Waals surface area contributed by atoms with Crippen molar-refractivity contribution in [1.82, 2.24) is 5.32 Å². The quantitative estimate of drug-likeness (QED) is 0.893. The van der Waals surface area contributed by atoms with Crippen LogP contribution in [0.3, 0.4) is 0 Å². The summed E-state index contributed by atoms with van der Waals surface area (Å²) in [5, 5.41) is 3.24. The number of sulfone groups is 1. The molecule has 1 heterocycles. The topological polar surface area (TPSA) is 55.4 Å². The molecule has 0 saturated heterocycles. The van der Waals surface area contributed by atoms with Crippen LogP contribution < -0.4 is 10.1 Å². The maximum absolute atomic E-state index is 11.5. The molecule has 1 aromatic rings. The predicted octanol–water partition coefficient (Wildman–Crippen LogP) is 1.71. The van der Waals surface area contributed by atoms with Gasteiger partial charge in [-0.25, -0.2) is 8.42 Å². The molecule has 0 radical (unpaired) electrons. The Morgan fingerprint density at radius 1 is 1.47 bits per heavy atom. The largest absolute Gasteiger partial charge is 0.490 e. The number of hydrogen-bond acceptors (Lipinski definition) is 4. The van der Waals surface area contributed by atoms with Gasteiger partial charge in [-0.3, -0.25) is 0 Å². The van der Waals surface area contributed by atoms with Gasteiger partial charge in [0.25, 0.3) is 0 Å². The van der Waals surface area contributed by atoms with Gasteiger partial charge in [-0.05, 0) is 30.7 Å². The summed E-state index contributed by atoms with van der Waals surface area (Å²) in [6.07, 6.45) is 2.37. The number of benzene rings is 1. The summed E-state index contributed by atoms with van der Waals surface area (Å²) in [5.74, 6) is 1.04. The monoisotopic (exact) mass is 283 g/mol. The number of rotatable bonds is 5. The van der Waals surface area contributed by atoms with Gasteiger partial charge in [0.05, 0.1) is 5.75 Å². The maximum atomic E-state index is 11.5. The zero-order chi connectivity index (χ0) is 14.0. The van der Waals surface area contributed by atoms with Crippen LogP contribution in [0.4, 0.5) is 0 Å². The van der Waals surface area contributed by atoms with E-state index in [-0.39, 0.29) is 17.9 Å². The van der Waals surface area contributed by atoms with E-state index in [1.54, 1.807) is 0 Å². The molecule has 1 aliphatic heterocycles. The van der Waals surface area contributed by atoms with Gasteiger partial charge < -0.3 is 10.1 Å². The molecule has 0 aliphatic carbocycles. The molecular weight excluding hydrogens is 262 g/mol. The number of ether oxygens (including phenoxy) is 1. The first kappa shape index (κ1) is 14.3. The molecule has 4 nitrogen and oxygen atoms in total. The van der Waals surface area contributed by atoms with E-state index in [1.165, 1.54) is 11.8 Å². The minimum absolute atomic E-state index is 0.121. The lowest BCUT2D eigenvalue weighted by Crippen LogP contribution is -2.27. The molecule has 5 heteroatoms. The van der Waals surface area contributed by atoms with E-state index in [1.807, 2.05) is 26.0 Å². The summed E-state index contributed by atoms with van der Waals surface area (Å²) in [4.78, 5) is 0. The van der Waals surface area contributed by atoms with Gasteiger partial charge in [0, 0.05) is 18.7 Å². The fourth-order valence-corrected chi connectivity index (χ4v) is 3.40. The van der Waals surface area contributed by atoms with Crippen molar-refractivity contribution < 1.29 is 13.2 Å². The minimum Gasteiger partial charge on any atom is -0.490 e. The van der Waals surface area contributed by atoms with E-state index < -0.39 is 9.84 Å². The molecule has 0 saturated carbocycles. The molecule has 106 valence electrons. The fourth-order valence-electron chi connectivity index (χ4n) is 2.48. The zero-order valence-corrected chi connectivity index (χ0v) is 12.5. The standard InChI is InChI=1S/C14H21NO3S/c1-4-15-13(9-19(3,16)17)11-5-6-14-12(8-11)7-10(2)18-14/h5-6,8,10,13,15H,4,7,9H2,1-3H3. The Bertz CT molecular complexity index is 554. The van der Waals surface area contributed by atoms with Crippen LogP contribution in [0.2, 0.25) is 0 Å². The van der Waals surface area contributed by atoms with Crippen LogP contribution in [0.1, 0.15) is 31.0 Å². The summed E-state index contributed by atoms with van der Waals surface area (Å²) in [6, 6.07) is 5.81. The molecule has 0 spiro atoms. The Kier molecular flexibility index (Phi) is 4.16. The average Bonchev–Trinajstić information content (AvgIpc) is 2.65. The van der Waals surface area contributed by atoms with Gasteiger partial charge >= 0.3 is 0 Å². The third kappa shape index (κ3) is 3.70. The second-order valence-corrected chi connectivity index (χ2v) is 7.39. The number of nitrogens with one attached hydrogen (secondary N) is 1. The van der Waals surface area contributed by atoms with Crippen molar-refractivity contribution in [1.29, 1.82) is 0 Å². The maximum Gasteiger partial charge on any atom is 0.149 e. The first-order chi connectivity index (χ1) is 8.89. The summed E-state index contributed by atoms with van der Waals surface area (Å²) in [6.45, 7) is 4.76. The predicted molar refractivity (Wildman–Crippen MR) is 76.4 cm³/mol. The average molecular weight is 283 g/mol. The fraction of sp³-hybridized carbons (Fsp3) is 0.571. The first-order valence-corrected chi connectivity index (χ1v) is 8.65. The summed E-state index contributed by atoms with van der Waals surface area (Å²) < 4.78 is 28.7. The molecular formula is C14H21NO3S. The molecule has 0 fully saturated rings. The van der Waals surface area contributed by atoms with Crippen molar-refractivity contribution >= 4 is 9.84 Å². The second-order valence-electron chi connectivity index (χ2n) is 5.20.